The molecule has 74 valence electrons. The number of benzene rings is 1. The van der Waals surface area contributed by atoms with Crippen LogP contribution in [0.25, 0.3) is 0 Å². The molecule has 0 aliphatic heterocycles. The summed E-state index contributed by atoms with van der Waals surface area (Å²) in [7, 11) is -3.39. The second-order valence-corrected chi connectivity index (χ2v) is 4.78. The van der Waals surface area contributed by atoms with E-state index in [0.717, 1.165) is 12.3 Å². The van der Waals surface area contributed by atoms with E-state index in [1.807, 2.05) is 5.25 Å². The van der Waals surface area contributed by atoms with Gasteiger partial charge in [-0.05, 0) is 24.1 Å². The second-order valence-electron chi connectivity index (χ2n) is 2.62. The molecule has 0 N–H and O–H groups in total. The molecule has 0 aromatic heterocycles. The summed E-state index contributed by atoms with van der Waals surface area (Å²) < 4.78 is 34.1. The molecule has 0 saturated heterocycles. The number of hydrogen-bond acceptors (Lipinski definition) is 2. The summed E-state index contributed by atoms with van der Waals surface area (Å²) in [6.45, 7) is 0. The molecule has 0 fully saturated rings. The fraction of sp³-hybridized carbons (Fsp3) is 0.111. The molecule has 1 rings (SSSR count). The van der Waals surface area contributed by atoms with Crippen LogP contribution in [0.2, 0.25) is 5.02 Å². The van der Waals surface area contributed by atoms with E-state index in [9.17, 15) is 12.8 Å². The number of halogens is 2. The van der Waals surface area contributed by atoms with Crippen molar-refractivity contribution < 1.29 is 12.8 Å². The fourth-order valence-electron chi connectivity index (χ4n) is 0.741. The standard InChI is InChI=1S/C9H6ClFO2S/c1-14(12,13)5-4-7-6-8(11)2-3-9(7)10/h2-3,6H,1H3. The largest absolute Gasteiger partial charge is 0.216 e. The van der Waals surface area contributed by atoms with Crippen molar-refractivity contribution in [2.24, 2.45) is 0 Å². The van der Waals surface area contributed by atoms with E-state index in [4.69, 9.17) is 11.6 Å². The molecule has 14 heavy (non-hydrogen) atoms. The summed E-state index contributed by atoms with van der Waals surface area (Å²) in [6.07, 6.45) is 0.965. The van der Waals surface area contributed by atoms with Crippen LogP contribution in [0, 0.1) is 17.0 Å². The first-order valence-corrected chi connectivity index (χ1v) is 5.83. The van der Waals surface area contributed by atoms with Crippen LogP contribution in [0.3, 0.4) is 0 Å². The monoisotopic (exact) mass is 232 g/mol. The Balaban J connectivity index is 3.19. The third kappa shape index (κ3) is 3.36. The smallest absolute Gasteiger partial charge is 0.214 e. The van der Waals surface area contributed by atoms with Crippen molar-refractivity contribution in [3.63, 3.8) is 0 Å². The lowest BCUT2D eigenvalue weighted by molar-refractivity contribution is 0.611. The fourth-order valence-corrected chi connectivity index (χ4v) is 1.20. The van der Waals surface area contributed by atoms with E-state index >= 15 is 0 Å². The highest BCUT2D eigenvalue weighted by molar-refractivity contribution is 7.95. The van der Waals surface area contributed by atoms with Gasteiger partial charge in [0.15, 0.2) is 0 Å². The van der Waals surface area contributed by atoms with Gasteiger partial charge in [-0.2, -0.15) is 0 Å². The first-order valence-electron chi connectivity index (χ1n) is 3.56. The Morgan fingerprint density at radius 2 is 2.07 bits per heavy atom. The zero-order valence-corrected chi connectivity index (χ0v) is 8.79. The minimum Gasteiger partial charge on any atom is -0.216 e. The summed E-state index contributed by atoms with van der Waals surface area (Å²) in [5.74, 6) is 1.78. The lowest BCUT2D eigenvalue weighted by Gasteiger charge is -1.94. The lowest BCUT2D eigenvalue weighted by Crippen LogP contribution is -1.89. The predicted octanol–water partition coefficient (Wildman–Crippen LogP) is 1.83. The Labute approximate surface area is 86.6 Å². The lowest BCUT2D eigenvalue weighted by atomic mass is 10.2. The number of sulfone groups is 1. The summed E-state index contributed by atoms with van der Waals surface area (Å²) in [5, 5.41) is 2.20. The highest BCUT2D eigenvalue weighted by atomic mass is 35.5. The van der Waals surface area contributed by atoms with Crippen molar-refractivity contribution in [3.8, 4) is 11.2 Å². The average Bonchev–Trinajstić information content (AvgIpc) is 2.05. The average molecular weight is 233 g/mol. The van der Waals surface area contributed by atoms with E-state index in [0.29, 0.717) is 0 Å². The molecule has 5 heteroatoms. The minimum atomic E-state index is -3.39. The minimum absolute atomic E-state index is 0.164. The molecular weight excluding hydrogens is 227 g/mol. The van der Waals surface area contributed by atoms with E-state index in [1.54, 1.807) is 0 Å². The van der Waals surface area contributed by atoms with E-state index in [1.165, 1.54) is 12.1 Å². The topological polar surface area (TPSA) is 34.1 Å². The van der Waals surface area contributed by atoms with Crippen LogP contribution in [0.1, 0.15) is 5.56 Å². The molecule has 0 amide bonds. The van der Waals surface area contributed by atoms with Crippen LogP contribution in [-0.4, -0.2) is 14.7 Å². The van der Waals surface area contributed by atoms with Gasteiger partial charge in [0.25, 0.3) is 0 Å². The molecule has 0 saturated carbocycles. The summed E-state index contributed by atoms with van der Waals surface area (Å²) >= 11 is 5.66. The molecule has 0 spiro atoms. The summed E-state index contributed by atoms with van der Waals surface area (Å²) in [6, 6.07) is 3.58. The van der Waals surface area contributed by atoms with E-state index in [-0.39, 0.29) is 10.6 Å². The van der Waals surface area contributed by atoms with Crippen LogP contribution in [-0.2, 0) is 9.84 Å². The Hall–Kier alpha value is -1.05. The molecule has 1 aromatic carbocycles. The highest BCUT2D eigenvalue weighted by Gasteiger charge is 1.99. The molecule has 0 unspecified atom stereocenters. The highest BCUT2D eigenvalue weighted by Crippen LogP contribution is 2.15. The normalized spacial score (nSPS) is 10.5. The molecule has 0 atom stereocenters. The van der Waals surface area contributed by atoms with Crippen molar-refractivity contribution in [3.05, 3.63) is 34.6 Å². The first-order chi connectivity index (χ1) is 6.38. The van der Waals surface area contributed by atoms with Crippen LogP contribution in [0.4, 0.5) is 4.39 Å². The maximum Gasteiger partial charge on any atom is 0.214 e. The van der Waals surface area contributed by atoms with Gasteiger partial charge in [0.2, 0.25) is 9.84 Å². The molecule has 0 heterocycles. The molecule has 0 radical (unpaired) electrons. The maximum atomic E-state index is 12.7. The van der Waals surface area contributed by atoms with Gasteiger partial charge in [-0.25, -0.2) is 12.8 Å². The molecule has 2 nitrogen and oxygen atoms in total. The second kappa shape index (κ2) is 3.99. The third-order valence-electron chi connectivity index (χ3n) is 1.30. The van der Waals surface area contributed by atoms with Crippen molar-refractivity contribution >= 4 is 21.4 Å². The quantitative estimate of drug-likeness (QED) is 0.640. The van der Waals surface area contributed by atoms with Gasteiger partial charge in [-0.3, -0.25) is 0 Å². The first kappa shape index (κ1) is 11.0. The van der Waals surface area contributed by atoms with Gasteiger partial charge in [-0.15, -0.1) is 0 Å². The maximum absolute atomic E-state index is 12.7. The summed E-state index contributed by atoms with van der Waals surface area (Å²) in [4.78, 5) is 0. The Morgan fingerprint density at radius 1 is 1.43 bits per heavy atom. The van der Waals surface area contributed by atoms with E-state index < -0.39 is 15.7 Å². The van der Waals surface area contributed by atoms with Crippen LogP contribution in [0.15, 0.2) is 18.2 Å². The van der Waals surface area contributed by atoms with Crippen molar-refractivity contribution in [1.82, 2.24) is 0 Å². The van der Waals surface area contributed by atoms with Crippen molar-refractivity contribution in [2.45, 2.75) is 0 Å². The molecular formula is C9H6ClFO2S. The van der Waals surface area contributed by atoms with Gasteiger partial charge in [-0.1, -0.05) is 11.6 Å². The summed E-state index contributed by atoms with van der Waals surface area (Å²) in [5.41, 5.74) is 0.164. The van der Waals surface area contributed by atoms with Gasteiger partial charge >= 0.3 is 0 Å². The molecule has 1 aromatic rings. The Bertz CT molecular complexity index is 511. The Kier molecular flexibility index (Phi) is 3.14. The SMILES string of the molecule is CS(=O)(=O)C#Cc1cc(F)ccc1Cl. The van der Waals surface area contributed by atoms with Crippen LogP contribution < -0.4 is 0 Å². The zero-order chi connectivity index (χ0) is 10.8. The van der Waals surface area contributed by atoms with Crippen LogP contribution >= 0.6 is 11.6 Å². The molecule has 0 bridgehead atoms. The third-order valence-corrected chi connectivity index (χ3v) is 2.10. The van der Waals surface area contributed by atoms with Crippen molar-refractivity contribution in [1.29, 1.82) is 0 Å². The molecule has 0 aliphatic rings. The van der Waals surface area contributed by atoms with Gasteiger partial charge in [0.1, 0.15) is 5.82 Å². The van der Waals surface area contributed by atoms with Gasteiger partial charge in [0.05, 0.1) is 11.3 Å². The predicted molar refractivity (Wildman–Crippen MR) is 53.1 cm³/mol. The van der Waals surface area contributed by atoms with E-state index in [2.05, 4.69) is 5.92 Å². The Morgan fingerprint density at radius 3 is 2.64 bits per heavy atom. The number of rotatable bonds is 0. The zero-order valence-electron chi connectivity index (χ0n) is 7.21. The van der Waals surface area contributed by atoms with Gasteiger partial charge < -0.3 is 0 Å². The van der Waals surface area contributed by atoms with Crippen LogP contribution in [0.5, 0.6) is 0 Å². The molecule has 0 aliphatic carbocycles. The number of hydrogen-bond donors (Lipinski definition) is 0. The van der Waals surface area contributed by atoms with Gasteiger partial charge in [0, 0.05) is 10.8 Å². The van der Waals surface area contributed by atoms with Crippen molar-refractivity contribution in [2.75, 3.05) is 6.26 Å².